The summed E-state index contributed by atoms with van der Waals surface area (Å²) >= 11 is 5.85. The van der Waals surface area contributed by atoms with Crippen LogP contribution in [0.15, 0.2) is 29.1 Å². The van der Waals surface area contributed by atoms with Crippen molar-refractivity contribution in [3.8, 4) is 5.75 Å². The summed E-state index contributed by atoms with van der Waals surface area (Å²) in [7, 11) is 1.64. The minimum Gasteiger partial charge on any atom is -0.497 e. The molecule has 0 spiro atoms. The highest BCUT2D eigenvalue weighted by Crippen LogP contribution is 2.23. The quantitative estimate of drug-likeness (QED) is 0.675. The third kappa shape index (κ3) is 2.34. The molecular formula is C13H13ClN4O2. The second kappa shape index (κ2) is 5.50. The van der Waals surface area contributed by atoms with Gasteiger partial charge in [0.15, 0.2) is 5.82 Å². The molecule has 0 bridgehead atoms. The van der Waals surface area contributed by atoms with Crippen molar-refractivity contribution in [2.24, 2.45) is 0 Å². The van der Waals surface area contributed by atoms with Crippen LogP contribution in [-0.4, -0.2) is 32.7 Å². The molecule has 0 atom stereocenters. The molecular weight excluding hydrogens is 280 g/mol. The van der Waals surface area contributed by atoms with Crippen LogP contribution in [0.1, 0.15) is 11.6 Å². The van der Waals surface area contributed by atoms with E-state index >= 15 is 0 Å². The van der Waals surface area contributed by atoms with Gasteiger partial charge in [-0.05, 0) is 12.1 Å². The molecule has 2 heterocycles. The van der Waals surface area contributed by atoms with Gasteiger partial charge >= 0.3 is 0 Å². The SMILES string of the molecule is COc1ccc2nc(CCCl)n(Cc3ncon3)c2c1. The highest BCUT2D eigenvalue weighted by atomic mass is 35.5. The van der Waals surface area contributed by atoms with E-state index in [-0.39, 0.29) is 0 Å². The number of halogens is 1. The Hall–Kier alpha value is -2.08. The van der Waals surface area contributed by atoms with E-state index in [1.54, 1.807) is 7.11 Å². The van der Waals surface area contributed by atoms with E-state index in [9.17, 15) is 0 Å². The highest BCUT2D eigenvalue weighted by molar-refractivity contribution is 6.17. The Morgan fingerprint density at radius 1 is 1.40 bits per heavy atom. The van der Waals surface area contributed by atoms with E-state index in [0.717, 1.165) is 22.6 Å². The molecule has 0 aliphatic carbocycles. The van der Waals surface area contributed by atoms with Crippen LogP contribution in [0.25, 0.3) is 11.0 Å². The summed E-state index contributed by atoms with van der Waals surface area (Å²) in [5.41, 5.74) is 1.86. The Bertz CT molecular complexity index is 709. The molecule has 104 valence electrons. The molecule has 0 fully saturated rings. The lowest BCUT2D eigenvalue weighted by Crippen LogP contribution is -2.07. The molecule has 0 unspecified atom stereocenters. The lowest BCUT2D eigenvalue weighted by Gasteiger charge is -2.06. The standard InChI is InChI=1S/C13H13ClN4O2/c1-19-9-2-3-10-11(6-9)18(13(16-10)4-5-14)7-12-15-8-20-17-12/h2-3,6,8H,4-5,7H2,1H3. The van der Waals surface area contributed by atoms with Crippen molar-refractivity contribution < 1.29 is 9.26 Å². The molecule has 0 amide bonds. The Labute approximate surface area is 120 Å². The van der Waals surface area contributed by atoms with Crippen LogP contribution in [-0.2, 0) is 13.0 Å². The fraction of sp³-hybridized carbons (Fsp3) is 0.308. The van der Waals surface area contributed by atoms with Crippen molar-refractivity contribution in [2.45, 2.75) is 13.0 Å². The molecule has 3 aromatic rings. The number of benzene rings is 1. The Morgan fingerprint density at radius 2 is 2.30 bits per heavy atom. The Balaban J connectivity index is 2.11. The number of nitrogens with zero attached hydrogens (tertiary/aromatic N) is 4. The molecule has 3 rings (SSSR count). The van der Waals surface area contributed by atoms with Crippen LogP contribution >= 0.6 is 11.6 Å². The number of imidazole rings is 1. The van der Waals surface area contributed by atoms with Crippen LogP contribution < -0.4 is 4.74 Å². The van der Waals surface area contributed by atoms with E-state index in [4.69, 9.17) is 20.9 Å². The van der Waals surface area contributed by atoms with Gasteiger partial charge in [0.1, 0.15) is 11.6 Å². The van der Waals surface area contributed by atoms with E-state index < -0.39 is 0 Å². The maximum atomic E-state index is 5.85. The largest absolute Gasteiger partial charge is 0.497 e. The second-order valence-corrected chi connectivity index (χ2v) is 4.63. The molecule has 0 N–H and O–H groups in total. The van der Waals surface area contributed by atoms with Crippen molar-refractivity contribution in [1.29, 1.82) is 0 Å². The van der Waals surface area contributed by atoms with Gasteiger partial charge in [0.05, 0.1) is 24.7 Å². The number of alkyl halides is 1. The molecule has 0 aliphatic rings. The minimum absolute atomic E-state index is 0.492. The molecule has 0 saturated carbocycles. The molecule has 7 heteroatoms. The van der Waals surface area contributed by atoms with Crippen molar-refractivity contribution in [2.75, 3.05) is 13.0 Å². The second-order valence-electron chi connectivity index (χ2n) is 4.26. The molecule has 0 saturated heterocycles. The van der Waals surface area contributed by atoms with Crippen molar-refractivity contribution >= 4 is 22.6 Å². The van der Waals surface area contributed by atoms with Gasteiger partial charge in [-0.25, -0.2) is 4.98 Å². The maximum Gasteiger partial charge on any atom is 0.213 e. The topological polar surface area (TPSA) is 66.0 Å². The highest BCUT2D eigenvalue weighted by Gasteiger charge is 2.13. The molecule has 0 radical (unpaired) electrons. The first-order valence-corrected chi connectivity index (χ1v) is 6.69. The number of methoxy groups -OCH3 is 1. The summed E-state index contributed by atoms with van der Waals surface area (Å²) < 4.78 is 12.1. The smallest absolute Gasteiger partial charge is 0.213 e. The van der Waals surface area contributed by atoms with Gasteiger partial charge in [-0.15, -0.1) is 11.6 Å². The van der Waals surface area contributed by atoms with E-state index in [0.29, 0.717) is 24.7 Å². The lowest BCUT2D eigenvalue weighted by atomic mass is 10.3. The van der Waals surface area contributed by atoms with Crippen LogP contribution in [0.5, 0.6) is 5.75 Å². The molecule has 2 aromatic heterocycles. The van der Waals surface area contributed by atoms with Gasteiger partial charge in [0.25, 0.3) is 0 Å². The van der Waals surface area contributed by atoms with Gasteiger partial charge in [0.2, 0.25) is 6.39 Å². The summed E-state index contributed by atoms with van der Waals surface area (Å²) in [6.07, 6.45) is 1.99. The fourth-order valence-electron chi connectivity index (χ4n) is 2.13. The number of aryl methyl sites for hydroxylation is 1. The number of ether oxygens (including phenoxy) is 1. The first kappa shape index (κ1) is 12.9. The van der Waals surface area contributed by atoms with E-state index in [1.165, 1.54) is 6.39 Å². The number of rotatable bonds is 5. The zero-order valence-corrected chi connectivity index (χ0v) is 11.7. The maximum absolute atomic E-state index is 5.85. The van der Waals surface area contributed by atoms with Crippen molar-refractivity contribution in [3.63, 3.8) is 0 Å². The molecule has 6 nitrogen and oxygen atoms in total. The average molecular weight is 293 g/mol. The van der Waals surface area contributed by atoms with E-state index in [2.05, 4.69) is 15.1 Å². The van der Waals surface area contributed by atoms with Gasteiger partial charge < -0.3 is 13.8 Å². The van der Waals surface area contributed by atoms with Crippen LogP contribution in [0.2, 0.25) is 0 Å². The summed E-state index contributed by atoms with van der Waals surface area (Å²) in [6.45, 7) is 0.492. The summed E-state index contributed by atoms with van der Waals surface area (Å²) in [5, 5.41) is 3.84. The Kier molecular flexibility index (Phi) is 3.56. The number of aromatic nitrogens is 4. The third-order valence-corrected chi connectivity index (χ3v) is 3.25. The summed E-state index contributed by atoms with van der Waals surface area (Å²) in [6, 6.07) is 5.76. The van der Waals surface area contributed by atoms with Crippen LogP contribution in [0.4, 0.5) is 0 Å². The van der Waals surface area contributed by atoms with Gasteiger partial charge in [0, 0.05) is 18.4 Å². The van der Waals surface area contributed by atoms with Gasteiger partial charge in [-0.3, -0.25) is 0 Å². The first-order chi connectivity index (χ1) is 9.81. The average Bonchev–Trinajstić information content (AvgIpc) is 3.08. The predicted molar refractivity (Wildman–Crippen MR) is 74.1 cm³/mol. The normalized spacial score (nSPS) is 11.1. The first-order valence-electron chi connectivity index (χ1n) is 6.16. The molecule has 20 heavy (non-hydrogen) atoms. The van der Waals surface area contributed by atoms with Crippen LogP contribution in [0, 0.1) is 0 Å². The molecule has 1 aromatic carbocycles. The Morgan fingerprint density at radius 3 is 3.00 bits per heavy atom. The third-order valence-electron chi connectivity index (χ3n) is 3.06. The minimum atomic E-state index is 0.492. The van der Waals surface area contributed by atoms with Gasteiger partial charge in [-0.2, -0.15) is 4.98 Å². The zero-order chi connectivity index (χ0) is 13.9. The molecule has 0 aliphatic heterocycles. The zero-order valence-electron chi connectivity index (χ0n) is 10.9. The van der Waals surface area contributed by atoms with Gasteiger partial charge in [-0.1, -0.05) is 5.16 Å². The van der Waals surface area contributed by atoms with E-state index in [1.807, 2.05) is 22.8 Å². The van der Waals surface area contributed by atoms with Crippen molar-refractivity contribution in [1.82, 2.24) is 19.7 Å². The monoisotopic (exact) mass is 292 g/mol. The van der Waals surface area contributed by atoms with Crippen molar-refractivity contribution in [3.05, 3.63) is 36.2 Å². The summed E-state index contributed by atoms with van der Waals surface area (Å²) in [4.78, 5) is 8.65. The number of hydrogen-bond acceptors (Lipinski definition) is 5. The lowest BCUT2D eigenvalue weighted by molar-refractivity contribution is 0.408. The number of fused-ring (bicyclic) bond motifs is 1. The fourth-order valence-corrected chi connectivity index (χ4v) is 2.30. The van der Waals surface area contributed by atoms with Crippen LogP contribution in [0.3, 0.4) is 0 Å². The number of hydrogen-bond donors (Lipinski definition) is 0. The summed E-state index contributed by atoms with van der Waals surface area (Å²) in [5.74, 6) is 2.78. The predicted octanol–water partition coefficient (Wildman–Crippen LogP) is 2.26.